The smallest absolute Gasteiger partial charge is 0.407 e. The Morgan fingerprint density at radius 2 is 1.95 bits per heavy atom. The zero-order valence-corrected chi connectivity index (χ0v) is 23.4. The highest BCUT2D eigenvalue weighted by molar-refractivity contribution is 7.92. The summed E-state index contributed by atoms with van der Waals surface area (Å²) in [5.41, 5.74) is -0.914. The van der Waals surface area contributed by atoms with Gasteiger partial charge in [-0.1, -0.05) is 6.07 Å². The number of nitrogens with zero attached hydrogens (tertiary/aromatic N) is 5. The van der Waals surface area contributed by atoms with E-state index in [-0.39, 0.29) is 41.5 Å². The highest BCUT2D eigenvalue weighted by Gasteiger charge is 2.30. The van der Waals surface area contributed by atoms with Crippen LogP contribution >= 0.6 is 0 Å². The van der Waals surface area contributed by atoms with Crippen molar-refractivity contribution >= 4 is 38.9 Å². The summed E-state index contributed by atoms with van der Waals surface area (Å²) in [7, 11) is -4.24. The minimum absolute atomic E-state index is 0.0276. The molecular formula is C25H29F4N7O5S. The number of carbonyl (C=O) groups is 1. The number of aromatic nitrogens is 4. The number of nitrogens with one attached hydrogen (secondary N) is 2. The maximum Gasteiger partial charge on any atom is 0.407 e. The molecule has 1 aliphatic rings. The van der Waals surface area contributed by atoms with Crippen LogP contribution in [0, 0.1) is 11.7 Å². The minimum Gasteiger partial charge on any atom is -0.465 e. The highest BCUT2D eigenvalue weighted by Crippen LogP contribution is 2.25. The van der Waals surface area contributed by atoms with E-state index in [0.717, 1.165) is 17.0 Å². The van der Waals surface area contributed by atoms with Gasteiger partial charge in [-0.15, -0.1) is 0 Å². The SMILES string of the molecule is CC(C)n1c(=O)c(-c2ccc(NS(=O)(=O)CCC(F)F)c(F)c2)nc2cnc(N[C@H]3C[C@@H](CF)CN(C(=O)O)C3)nc21. The minimum atomic E-state index is -4.24. The van der Waals surface area contributed by atoms with Crippen LogP contribution < -0.4 is 15.6 Å². The van der Waals surface area contributed by atoms with E-state index < -0.39 is 76.5 Å². The van der Waals surface area contributed by atoms with Crippen LogP contribution in [0.5, 0.6) is 0 Å². The first-order chi connectivity index (χ1) is 19.8. The van der Waals surface area contributed by atoms with Crippen LogP contribution in [0.3, 0.4) is 0 Å². The van der Waals surface area contributed by atoms with E-state index in [0.29, 0.717) is 6.42 Å². The van der Waals surface area contributed by atoms with E-state index in [1.807, 2.05) is 4.72 Å². The summed E-state index contributed by atoms with van der Waals surface area (Å²) in [5, 5.41) is 12.4. The van der Waals surface area contributed by atoms with Gasteiger partial charge in [0.1, 0.15) is 17.0 Å². The van der Waals surface area contributed by atoms with Crippen LogP contribution in [-0.2, 0) is 10.0 Å². The number of likely N-dealkylation sites (tertiary alicyclic amines) is 1. The van der Waals surface area contributed by atoms with Gasteiger partial charge in [0.2, 0.25) is 22.4 Å². The van der Waals surface area contributed by atoms with Gasteiger partial charge in [-0.05, 0) is 32.4 Å². The monoisotopic (exact) mass is 615 g/mol. The molecule has 1 saturated heterocycles. The molecule has 1 aliphatic heterocycles. The number of benzene rings is 1. The molecule has 3 N–H and O–H groups in total. The van der Waals surface area contributed by atoms with E-state index >= 15 is 0 Å². The number of alkyl halides is 3. The van der Waals surface area contributed by atoms with Crippen LogP contribution in [0.1, 0.15) is 32.7 Å². The number of sulfonamides is 1. The lowest BCUT2D eigenvalue weighted by atomic mass is 9.95. The molecule has 17 heteroatoms. The van der Waals surface area contributed by atoms with Crippen molar-refractivity contribution < 1.29 is 35.9 Å². The number of piperidine rings is 1. The Kier molecular flexibility index (Phi) is 9.18. The molecule has 2 aromatic heterocycles. The molecule has 2 atom stereocenters. The number of hydrogen-bond acceptors (Lipinski definition) is 8. The van der Waals surface area contributed by atoms with E-state index in [1.165, 1.54) is 16.8 Å². The molecule has 3 aromatic rings. The largest absolute Gasteiger partial charge is 0.465 e. The summed E-state index contributed by atoms with van der Waals surface area (Å²) in [6.07, 6.45) is -3.24. The molecule has 1 aromatic carbocycles. The van der Waals surface area contributed by atoms with Gasteiger partial charge in [0.25, 0.3) is 5.56 Å². The third-order valence-electron chi connectivity index (χ3n) is 6.62. The summed E-state index contributed by atoms with van der Waals surface area (Å²) in [5.74, 6) is -2.36. The number of fused-ring (bicyclic) bond motifs is 1. The second kappa shape index (κ2) is 12.5. The number of amides is 1. The molecule has 228 valence electrons. The second-order valence-corrected chi connectivity index (χ2v) is 12.1. The molecule has 3 heterocycles. The molecule has 0 spiro atoms. The van der Waals surface area contributed by atoms with Crippen molar-refractivity contribution in [1.29, 1.82) is 0 Å². The fourth-order valence-electron chi connectivity index (χ4n) is 4.70. The zero-order chi connectivity index (χ0) is 30.8. The summed E-state index contributed by atoms with van der Waals surface area (Å²) < 4.78 is 80.3. The number of anilines is 2. The van der Waals surface area contributed by atoms with Crippen LogP contribution in [0.4, 0.5) is 34.0 Å². The summed E-state index contributed by atoms with van der Waals surface area (Å²) in [6, 6.07) is 2.32. The molecule has 0 radical (unpaired) electrons. The molecule has 1 amide bonds. The fourth-order valence-corrected chi connectivity index (χ4v) is 5.80. The molecule has 4 rings (SSSR count). The van der Waals surface area contributed by atoms with Crippen molar-refractivity contribution in [3.05, 3.63) is 40.6 Å². The molecule has 0 aliphatic carbocycles. The van der Waals surface area contributed by atoms with Crippen molar-refractivity contribution in [2.24, 2.45) is 5.92 Å². The quantitative estimate of drug-likeness (QED) is 0.289. The molecule has 12 nitrogen and oxygen atoms in total. The summed E-state index contributed by atoms with van der Waals surface area (Å²) in [4.78, 5) is 39.0. The number of halogens is 4. The molecule has 0 unspecified atom stereocenters. The van der Waals surface area contributed by atoms with E-state index in [9.17, 15) is 40.7 Å². The average molecular weight is 616 g/mol. The maximum absolute atomic E-state index is 14.9. The Labute approximate surface area is 237 Å². The lowest BCUT2D eigenvalue weighted by Crippen LogP contribution is -2.49. The normalized spacial score (nSPS) is 17.7. The standard InChI is InChI=1S/C25H29F4N7O5S/c1-13(2)36-22-19(10-30-24(33-22)31-16-7-14(9-26)11-35(12-16)25(38)39)32-21(23(36)37)15-3-4-18(17(27)8-15)34-42(40,41)6-5-20(28)29/h3-4,8,10,13-14,16,20,34H,5-7,9,11-12H2,1-2H3,(H,38,39)(H,30,31,33)/t14-,16-/m0/s1. The third-order valence-corrected chi connectivity index (χ3v) is 7.92. The Balaban J connectivity index is 1.66. The first-order valence-corrected chi connectivity index (χ1v) is 14.6. The van der Waals surface area contributed by atoms with Crippen molar-refractivity contribution in [3.8, 4) is 11.3 Å². The Bertz CT molecular complexity index is 1640. The fraction of sp³-hybridized carbons (Fsp3) is 0.480. The molecule has 1 fully saturated rings. The number of rotatable bonds is 10. The van der Waals surface area contributed by atoms with Crippen LogP contribution in [0.25, 0.3) is 22.4 Å². The van der Waals surface area contributed by atoms with Crippen molar-refractivity contribution in [1.82, 2.24) is 24.4 Å². The van der Waals surface area contributed by atoms with E-state index in [2.05, 4.69) is 20.3 Å². The van der Waals surface area contributed by atoms with Crippen molar-refractivity contribution in [2.45, 2.75) is 45.2 Å². The Morgan fingerprint density at radius 1 is 1.21 bits per heavy atom. The summed E-state index contributed by atoms with van der Waals surface area (Å²) in [6.45, 7) is 2.91. The second-order valence-electron chi connectivity index (χ2n) is 10.2. The van der Waals surface area contributed by atoms with Gasteiger partial charge in [-0.2, -0.15) is 4.98 Å². The Morgan fingerprint density at radius 3 is 2.57 bits per heavy atom. The molecule has 0 bridgehead atoms. The van der Waals surface area contributed by atoms with Gasteiger partial charge in [0.15, 0.2) is 5.65 Å². The van der Waals surface area contributed by atoms with Crippen molar-refractivity contribution in [2.75, 3.05) is 35.6 Å². The molecule has 42 heavy (non-hydrogen) atoms. The van der Waals surface area contributed by atoms with Crippen LogP contribution in [-0.4, -0.2) is 82.0 Å². The van der Waals surface area contributed by atoms with Gasteiger partial charge in [0.05, 0.1) is 24.3 Å². The lowest BCUT2D eigenvalue weighted by molar-refractivity contribution is 0.109. The zero-order valence-electron chi connectivity index (χ0n) is 22.6. The maximum atomic E-state index is 14.9. The first kappa shape index (κ1) is 30.9. The van der Waals surface area contributed by atoms with Gasteiger partial charge in [-0.25, -0.2) is 36.4 Å². The van der Waals surface area contributed by atoms with Crippen molar-refractivity contribution in [3.63, 3.8) is 0 Å². The Hall–Kier alpha value is -4.02. The third kappa shape index (κ3) is 7.06. The molecule has 0 saturated carbocycles. The van der Waals surface area contributed by atoms with E-state index in [4.69, 9.17) is 0 Å². The van der Waals surface area contributed by atoms with E-state index in [1.54, 1.807) is 13.8 Å². The highest BCUT2D eigenvalue weighted by atomic mass is 32.2. The predicted octanol–water partition coefficient (Wildman–Crippen LogP) is 3.72. The van der Waals surface area contributed by atoms with Crippen LogP contribution in [0.15, 0.2) is 29.2 Å². The van der Waals surface area contributed by atoms with Gasteiger partial charge < -0.3 is 15.3 Å². The lowest BCUT2D eigenvalue weighted by Gasteiger charge is -2.35. The van der Waals surface area contributed by atoms with Gasteiger partial charge in [-0.3, -0.25) is 18.5 Å². The average Bonchev–Trinajstić information content (AvgIpc) is 2.92. The number of hydrogen-bond donors (Lipinski definition) is 3. The first-order valence-electron chi connectivity index (χ1n) is 13.0. The predicted molar refractivity (Wildman–Crippen MR) is 146 cm³/mol. The van der Waals surface area contributed by atoms with Crippen LogP contribution in [0.2, 0.25) is 0 Å². The van der Waals surface area contributed by atoms with Gasteiger partial charge >= 0.3 is 6.09 Å². The number of carboxylic acid groups (broad SMARTS) is 1. The topological polar surface area (TPSA) is 159 Å². The summed E-state index contributed by atoms with van der Waals surface area (Å²) >= 11 is 0. The van der Waals surface area contributed by atoms with Gasteiger partial charge in [0, 0.05) is 43.1 Å². The molecular weight excluding hydrogens is 586 g/mol.